The average molecular weight is 318 g/mol. The van der Waals surface area contributed by atoms with Crippen molar-refractivity contribution in [2.75, 3.05) is 31.2 Å². The summed E-state index contributed by atoms with van der Waals surface area (Å²) in [6.45, 7) is 4.16. The molecule has 4 heteroatoms. The first-order chi connectivity index (χ1) is 7.31. The Morgan fingerprint density at radius 2 is 2.07 bits per heavy atom. The summed E-state index contributed by atoms with van der Waals surface area (Å²) in [5.74, 6) is 0. The smallest absolute Gasteiger partial charge is 0.0642 e. The van der Waals surface area contributed by atoms with Crippen molar-refractivity contribution in [2.45, 2.75) is 6.54 Å². The molecule has 1 aromatic rings. The first-order valence-corrected chi connectivity index (χ1v) is 6.20. The van der Waals surface area contributed by atoms with Crippen molar-refractivity contribution in [3.8, 4) is 0 Å². The largest absolute Gasteiger partial charge is 0.378 e. The summed E-state index contributed by atoms with van der Waals surface area (Å²) in [7, 11) is 0. The Morgan fingerprint density at radius 1 is 1.33 bits per heavy atom. The highest BCUT2D eigenvalue weighted by Crippen LogP contribution is 2.23. The summed E-state index contributed by atoms with van der Waals surface area (Å²) < 4.78 is 6.58. The van der Waals surface area contributed by atoms with Gasteiger partial charge in [-0.1, -0.05) is 0 Å². The molecular weight excluding hydrogens is 303 g/mol. The van der Waals surface area contributed by atoms with Crippen LogP contribution in [0.1, 0.15) is 5.56 Å². The minimum absolute atomic E-state index is 0.601. The molecule has 3 nitrogen and oxygen atoms in total. The van der Waals surface area contributed by atoms with Crippen molar-refractivity contribution >= 4 is 28.3 Å². The van der Waals surface area contributed by atoms with Crippen LogP contribution >= 0.6 is 22.6 Å². The Morgan fingerprint density at radius 3 is 2.73 bits per heavy atom. The highest BCUT2D eigenvalue weighted by atomic mass is 127. The van der Waals surface area contributed by atoms with Gasteiger partial charge in [0.25, 0.3) is 0 Å². The number of morpholine rings is 1. The maximum atomic E-state index is 5.76. The molecule has 82 valence electrons. The molecule has 0 spiro atoms. The average Bonchev–Trinajstić information content (AvgIpc) is 2.30. The number of nitrogens with zero attached hydrogens (tertiary/aromatic N) is 1. The van der Waals surface area contributed by atoms with Crippen LogP contribution in [0.25, 0.3) is 0 Å². The van der Waals surface area contributed by atoms with Crippen molar-refractivity contribution in [1.29, 1.82) is 0 Å². The molecule has 1 saturated heterocycles. The van der Waals surface area contributed by atoms with E-state index in [4.69, 9.17) is 10.5 Å². The third-order valence-electron chi connectivity index (χ3n) is 2.61. The van der Waals surface area contributed by atoms with Crippen molar-refractivity contribution in [3.05, 3.63) is 27.3 Å². The molecule has 0 unspecified atom stereocenters. The SMILES string of the molecule is NCc1cc(I)ccc1N1CCOCC1. The van der Waals surface area contributed by atoms with E-state index in [0.29, 0.717) is 6.54 Å². The van der Waals surface area contributed by atoms with E-state index in [2.05, 4.69) is 45.7 Å². The minimum atomic E-state index is 0.601. The van der Waals surface area contributed by atoms with Crippen molar-refractivity contribution in [2.24, 2.45) is 5.73 Å². The molecule has 1 heterocycles. The standard InChI is InChI=1S/C11H15IN2O/c12-10-1-2-11(9(7-10)8-13)14-3-5-15-6-4-14/h1-2,7H,3-6,8,13H2. The van der Waals surface area contributed by atoms with Crippen molar-refractivity contribution in [3.63, 3.8) is 0 Å². The first-order valence-electron chi connectivity index (χ1n) is 5.12. The van der Waals surface area contributed by atoms with Crippen LogP contribution in [-0.4, -0.2) is 26.3 Å². The fraction of sp³-hybridized carbons (Fsp3) is 0.455. The number of ether oxygens (including phenoxy) is 1. The molecule has 0 aliphatic carbocycles. The van der Waals surface area contributed by atoms with Gasteiger partial charge in [0.05, 0.1) is 13.2 Å². The summed E-state index contributed by atoms with van der Waals surface area (Å²) in [6, 6.07) is 6.45. The Hall–Kier alpha value is -0.330. The predicted molar refractivity (Wildman–Crippen MR) is 70.1 cm³/mol. The van der Waals surface area contributed by atoms with Crippen LogP contribution < -0.4 is 10.6 Å². The van der Waals surface area contributed by atoms with Gasteiger partial charge < -0.3 is 15.4 Å². The molecule has 0 aromatic heterocycles. The Kier molecular flexibility index (Phi) is 3.82. The molecule has 1 aliphatic heterocycles. The molecule has 1 aromatic carbocycles. The van der Waals surface area contributed by atoms with Crippen molar-refractivity contribution in [1.82, 2.24) is 0 Å². The van der Waals surface area contributed by atoms with E-state index in [1.807, 2.05) is 0 Å². The van der Waals surface area contributed by atoms with Gasteiger partial charge in [-0.25, -0.2) is 0 Å². The summed E-state index contributed by atoms with van der Waals surface area (Å²) in [4.78, 5) is 2.35. The molecule has 0 radical (unpaired) electrons. The quantitative estimate of drug-likeness (QED) is 0.842. The maximum Gasteiger partial charge on any atom is 0.0642 e. The fourth-order valence-corrected chi connectivity index (χ4v) is 2.39. The second-order valence-electron chi connectivity index (χ2n) is 3.58. The Balaban J connectivity index is 2.25. The fourth-order valence-electron chi connectivity index (χ4n) is 1.83. The second kappa shape index (κ2) is 5.14. The summed E-state index contributed by atoms with van der Waals surface area (Å²) >= 11 is 2.32. The molecule has 0 bridgehead atoms. The molecule has 2 rings (SSSR count). The number of halogens is 1. The Labute approximate surface area is 104 Å². The van der Waals surface area contributed by atoms with E-state index in [9.17, 15) is 0 Å². The molecular formula is C11H15IN2O. The monoisotopic (exact) mass is 318 g/mol. The normalized spacial score (nSPS) is 16.8. The lowest BCUT2D eigenvalue weighted by Gasteiger charge is -2.30. The lowest BCUT2D eigenvalue weighted by atomic mass is 10.1. The lowest BCUT2D eigenvalue weighted by molar-refractivity contribution is 0.122. The van der Waals surface area contributed by atoms with Gasteiger partial charge >= 0.3 is 0 Å². The van der Waals surface area contributed by atoms with Gasteiger partial charge in [0.15, 0.2) is 0 Å². The third kappa shape index (κ3) is 2.62. The van der Waals surface area contributed by atoms with Gasteiger partial charge in [-0.05, 0) is 46.4 Å². The maximum absolute atomic E-state index is 5.76. The molecule has 2 N–H and O–H groups in total. The van der Waals surface area contributed by atoms with E-state index in [-0.39, 0.29) is 0 Å². The van der Waals surface area contributed by atoms with Gasteiger partial charge in [-0.3, -0.25) is 0 Å². The van der Waals surface area contributed by atoms with E-state index in [1.54, 1.807) is 0 Å². The van der Waals surface area contributed by atoms with E-state index < -0.39 is 0 Å². The summed E-state index contributed by atoms with van der Waals surface area (Å²) in [6.07, 6.45) is 0. The first kappa shape index (κ1) is 11.2. The van der Waals surface area contributed by atoms with Crippen LogP contribution in [0.5, 0.6) is 0 Å². The Bertz CT molecular complexity index is 337. The number of hydrogen-bond acceptors (Lipinski definition) is 3. The highest BCUT2D eigenvalue weighted by Gasteiger charge is 2.13. The van der Waals surface area contributed by atoms with Crippen LogP contribution in [-0.2, 0) is 11.3 Å². The second-order valence-corrected chi connectivity index (χ2v) is 4.82. The number of nitrogens with two attached hydrogens (primary N) is 1. The molecule has 0 amide bonds. The van der Waals surface area contributed by atoms with Crippen LogP contribution in [0.4, 0.5) is 5.69 Å². The molecule has 0 saturated carbocycles. The van der Waals surface area contributed by atoms with E-state index in [1.165, 1.54) is 14.8 Å². The van der Waals surface area contributed by atoms with Crippen LogP contribution in [0.15, 0.2) is 18.2 Å². The predicted octanol–water partition coefficient (Wildman–Crippen LogP) is 1.59. The van der Waals surface area contributed by atoms with E-state index in [0.717, 1.165) is 26.3 Å². The van der Waals surface area contributed by atoms with Gasteiger partial charge in [0.2, 0.25) is 0 Å². The number of rotatable bonds is 2. The van der Waals surface area contributed by atoms with Crippen molar-refractivity contribution < 1.29 is 4.74 Å². The number of anilines is 1. The van der Waals surface area contributed by atoms with Gasteiger partial charge in [0, 0.05) is 28.9 Å². The van der Waals surface area contributed by atoms with E-state index >= 15 is 0 Å². The molecule has 0 atom stereocenters. The number of hydrogen-bond donors (Lipinski definition) is 1. The summed E-state index contributed by atoms with van der Waals surface area (Å²) in [5, 5.41) is 0. The van der Waals surface area contributed by atoms with Gasteiger partial charge in [0.1, 0.15) is 0 Å². The van der Waals surface area contributed by atoms with Gasteiger partial charge in [-0.15, -0.1) is 0 Å². The van der Waals surface area contributed by atoms with Crippen LogP contribution in [0, 0.1) is 3.57 Å². The zero-order valence-electron chi connectivity index (χ0n) is 8.58. The number of benzene rings is 1. The van der Waals surface area contributed by atoms with Gasteiger partial charge in [-0.2, -0.15) is 0 Å². The topological polar surface area (TPSA) is 38.5 Å². The summed E-state index contributed by atoms with van der Waals surface area (Å²) in [5.41, 5.74) is 8.26. The molecule has 1 fully saturated rings. The van der Waals surface area contributed by atoms with Crippen LogP contribution in [0.2, 0.25) is 0 Å². The lowest BCUT2D eigenvalue weighted by Crippen LogP contribution is -2.37. The molecule has 15 heavy (non-hydrogen) atoms. The third-order valence-corrected chi connectivity index (χ3v) is 3.28. The molecule has 1 aliphatic rings. The zero-order chi connectivity index (χ0) is 10.7. The highest BCUT2D eigenvalue weighted by molar-refractivity contribution is 14.1. The minimum Gasteiger partial charge on any atom is -0.378 e. The van der Waals surface area contributed by atoms with Crippen LogP contribution in [0.3, 0.4) is 0 Å². The zero-order valence-corrected chi connectivity index (χ0v) is 10.7.